The van der Waals surface area contributed by atoms with Gasteiger partial charge in [0, 0.05) is 23.2 Å². The summed E-state index contributed by atoms with van der Waals surface area (Å²) in [5.41, 5.74) is 1.61. The zero-order valence-corrected chi connectivity index (χ0v) is 13.0. The molecule has 0 saturated carbocycles. The van der Waals surface area contributed by atoms with Gasteiger partial charge in [-0.1, -0.05) is 29.8 Å². The molecule has 0 fully saturated rings. The molecule has 1 atom stereocenters. The van der Waals surface area contributed by atoms with Gasteiger partial charge in [0.1, 0.15) is 11.6 Å². The first-order valence-corrected chi connectivity index (χ1v) is 7.38. The third kappa shape index (κ3) is 4.19. The molecule has 0 spiro atoms. The van der Waals surface area contributed by atoms with Crippen LogP contribution in [0.1, 0.15) is 31.0 Å². The molecule has 112 valence electrons. The smallest absolute Gasteiger partial charge is 0.129 e. The highest BCUT2D eigenvalue weighted by atomic mass is 35.5. The lowest BCUT2D eigenvalue weighted by atomic mass is 10.1. The molecule has 4 heteroatoms. The van der Waals surface area contributed by atoms with Crippen LogP contribution in [0.15, 0.2) is 42.5 Å². The highest BCUT2D eigenvalue weighted by molar-refractivity contribution is 6.31. The number of hydrogen-bond donors (Lipinski definition) is 1. The van der Waals surface area contributed by atoms with Gasteiger partial charge in [-0.15, -0.1) is 0 Å². The molecule has 0 aromatic heterocycles. The zero-order valence-electron chi connectivity index (χ0n) is 12.2. The molecule has 2 rings (SSSR count). The van der Waals surface area contributed by atoms with Crippen molar-refractivity contribution in [1.29, 1.82) is 0 Å². The topological polar surface area (TPSA) is 21.3 Å². The van der Waals surface area contributed by atoms with Crippen LogP contribution < -0.4 is 10.1 Å². The van der Waals surface area contributed by atoms with Gasteiger partial charge in [-0.05, 0) is 43.7 Å². The van der Waals surface area contributed by atoms with Crippen molar-refractivity contribution in [2.45, 2.75) is 26.4 Å². The predicted molar refractivity (Wildman–Crippen MR) is 84.3 cm³/mol. The molecule has 0 aliphatic rings. The minimum atomic E-state index is -0.283. The minimum absolute atomic E-state index is 0.0938. The Bertz CT molecular complexity index is 566. The largest absolute Gasteiger partial charge is 0.494 e. The van der Waals surface area contributed by atoms with Crippen LogP contribution in [0.25, 0.3) is 0 Å². The minimum Gasteiger partial charge on any atom is -0.494 e. The molecule has 21 heavy (non-hydrogen) atoms. The molecule has 0 amide bonds. The van der Waals surface area contributed by atoms with Gasteiger partial charge >= 0.3 is 0 Å². The standard InChI is InChI=1S/C17H19ClFNO/c1-3-21-14-9-7-13(8-10-14)12(2)20-11-15-16(18)5-4-6-17(15)19/h4-10,12,20H,3,11H2,1-2H3. The molecule has 0 heterocycles. The van der Waals surface area contributed by atoms with E-state index in [1.807, 2.05) is 38.1 Å². The lowest BCUT2D eigenvalue weighted by Crippen LogP contribution is -2.19. The Morgan fingerprint density at radius 2 is 1.90 bits per heavy atom. The fraction of sp³-hybridized carbons (Fsp3) is 0.294. The second kappa shape index (κ2) is 7.43. The molecule has 0 aliphatic carbocycles. The number of ether oxygens (including phenoxy) is 1. The molecule has 2 aromatic carbocycles. The van der Waals surface area contributed by atoms with Crippen LogP contribution in [0.2, 0.25) is 5.02 Å². The van der Waals surface area contributed by atoms with Crippen molar-refractivity contribution in [3.63, 3.8) is 0 Å². The van der Waals surface area contributed by atoms with Crippen molar-refractivity contribution in [3.05, 3.63) is 64.4 Å². The van der Waals surface area contributed by atoms with E-state index in [4.69, 9.17) is 16.3 Å². The second-order valence-electron chi connectivity index (χ2n) is 4.80. The summed E-state index contributed by atoms with van der Waals surface area (Å²) in [7, 11) is 0. The molecule has 2 nitrogen and oxygen atoms in total. The zero-order chi connectivity index (χ0) is 15.2. The first-order chi connectivity index (χ1) is 10.1. The van der Waals surface area contributed by atoms with Gasteiger partial charge < -0.3 is 10.1 Å². The molecule has 2 aromatic rings. The van der Waals surface area contributed by atoms with Crippen LogP contribution in [-0.2, 0) is 6.54 Å². The first kappa shape index (κ1) is 15.8. The van der Waals surface area contributed by atoms with Crippen LogP contribution >= 0.6 is 11.6 Å². The normalized spacial score (nSPS) is 12.2. The number of halogens is 2. The Morgan fingerprint density at radius 3 is 2.52 bits per heavy atom. The Balaban J connectivity index is 1.99. The Kier molecular flexibility index (Phi) is 5.59. The summed E-state index contributed by atoms with van der Waals surface area (Å²) >= 11 is 6.02. The summed E-state index contributed by atoms with van der Waals surface area (Å²) in [5, 5.41) is 3.73. The van der Waals surface area contributed by atoms with E-state index in [2.05, 4.69) is 5.32 Å². The molecule has 1 N–H and O–H groups in total. The molecule has 0 aliphatic heterocycles. The maximum atomic E-state index is 13.7. The van der Waals surface area contributed by atoms with E-state index in [0.717, 1.165) is 11.3 Å². The van der Waals surface area contributed by atoms with E-state index in [-0.39, 0.29) is 11.9 Å². The van der Waals surface area contributed by atoms with E-state index in [1.54, 1.807) is 12.1 Å². The van der Waals surface area contributed by atoms with Crippen LogP contribution in [0.4, 0.5) is 4.39 Å². The van der Waals surface area contributed by atoms with E-state index in [9.17, 15) is 4.39 Å². The van der Waals surface area contributed by atoms with Crippen molar-refractivity contribution in [3.8, 4) is 5.75 Å². The maximum absolute atomic E-state index is 13.7. The van der Waals surface area contributed by atoms with Gasteiger partial charge in [0.15, 0.2) is 0 Å². The quantitative estimate of drug-likeness (QED) is 0.833. The number of hydrogen-bond acceptors (Lipinski definition) is 2. The first-order valence-electron chi connectivity index (χ1n) is 7.01. The van der Waals surface area contributed by atoms with Crippen LogP contribution in [-0.4, -0.2) is 6.61 Å². The average Bonchev–Trinajstić information content (AvgIpc) is 2.47. The van der Waals surface area contributed by atoms with Crippen molar-refractivity contribution in [2.75, 3.05) is 6.61 Å². The molecular weight excluding hydrogens is 289 g/mol. The fourth-order valence-electron chi connectivity index (χ4n) is 2.09. The molecule has 0 bridgehead atoms. The second-order valence-corrected chi connectivity index (χ2v) is 5.21. The predicted octanol–water partition coefficient (Wildman–Crippen LogP) is 4.73. The Labute approximate surface area is 129 Å². The summed E-state index contributed by atoms with van der Waals surface area (Å²) in [5.74, 6) is 0.569. The third-order valence-electron chi connectivity index (χ3n) is 3.34. The van der Waals surface area contributed by atoms with Gasteiger partial charge in [0.25, 0.3) is 0 Å². The maximum Gasteiger partial charge on any atom is 0.129 e. The van der Waals surface area contributed by atoms with Crippen molar-refractivity contribution in [1.82, 2.24) is 5.32 Å². The van der Waals surface area contributed by atoms with E-state index < -0.39 is 0 Å². The molecule has 0 radical (unpaired) electrons. The monoisotopic (exact) mass is 307 g/mol. The van der Waals surface area contributed by atoms with Crippen molar-refractivity contribution < 1.29 is 9.13 Å². The summed E-state index contributed by atoms with van der Waals surface area (Å²) in [4.78, 5) is 0. The van der Waals surface area contributed by atoms with Gasteiger partial charge in [-0.25, -0.2) is 4.39 Å². The molecule has 1 unspecified atom stereocenters. The number of rotatable bonds is 6. The van der Waals surface area contributed by atoms with E-state index in [1.165, 1.54) is 6.07 Å². The molecule has 0 saturated heterocycles. The Morgan fingerprint density at radius 1 is 1.19 bits per heavy atom. The van der Waals surface area contributed by atoms with E-state index in [0.29, 0.717) is 23.7 Å². The van der Waals surface area contributed by atoms with E-state index >= 15 is 0 Å². The highest BCUT2D eigenvalue weighted by Gasteiger charge is 2.10. The average molecular weight is 308 g/mol. The lowest BCUT2D eigenvalue weighted by Gasteiger charge is -2.16. The van der Waals surface area contributed by atoms with Gasteiger partial charge in [0.05, 0.1) is 6.61 Å². The lowest BCUT2D eigenvalue weighted by molar-refractivity contribution is 0.340. The summed E-state index contributed by atoms with van der Waals surface area (Å²) in [6.07, 6.45) is 0. The number of benzene rings is 2. The fourth-order valence-corrected chi connectivity index (χ4v) is 2.32. The SMILES string of the molecule is CCOc1ccc(C(C)NCc2c(F)cccc2Cl)cc1. The van der Waals surface area contributed by atoms with Gasteiger partial charge in [-0.3, -0.25) is 0 Å². The van der Waals surface area contributed by atoms with Crippen LogP contribution in [0.5, 0.6) is 5.75 Å². The van der Waals surface area contributed by atoms with Crippen molar-refractivity contribution in [2.24, 2.45) is 0 Å². The highest BCUT2D eigenvalue weighted by Crippen LogP contribution is 2.21. The van der Waals surface area contributed by atoms with Crippen LogP contribution in [0, 0.1) is 5.82 Å². The third-order valence-corrected chi connectivity index (χ3v) is 3.69. The Hall–Kier alpha value is -1.58. The summed E-state index contributed by atoms with van der Waals surface area (Å²) < 4.78 is 19.1. The van der Waals surface area contributed by atoms with Gasteiger partial charge in [0.2, 0.25) is 0 Å². The summed E-state index contributed by atoms with van der Waals surface area (Å²) in [6.45, 7) is 5.03. The van der Waals surface area contributed by atoms with Gasteiger partial charge in [-0.2, -0.15) is 0 Å². The summed E-state index contributed by atoms with van der Waals surface area (Å²) in [6, 6.07) is 12.7. The van der Waals surface area contributed by atoms with Crippen molar-refractivity contribution >= 4 is 11.6 Å². The molecular formula is C17H19ClFNO. The number of nitrogens with one attached hydrogen (secondary N) is 1. The van der Waals surface area contributed by atoms with Crippen LogP contribution in [0.3, 0.4) is 0 Å².